The molecule has 1 aromatic heterocycles. The van der Waals surface area contributed by atoms with Crippen molar-refractivity contribution < 1.29 is 14.3 Å². The monoisotopic (exact) mass is 555 g/mol. The third kappa shape index (κ3) is 5.79. The van der Waals surface area contributed by atoms with Gasteiger partial charge in [0.05, 0.1) is 11.6 Å². The molecule has 9 heteroatoms. The zero-order valence-electron chi connectivity index (χ0n) is 20.8. The van der Waals surface area contributed by atoms with Crippen molar-refractivity contribution >= 4 is 38.6 Å². The number of carbonyl (C=O) groups is 1. The van der Waals surface area contributed by atoms with Crippen LogP contribution >= 0.6 is 15.9 Å². The summed E-state index contributed by atoms with van der Waals surface area (Å²) >= 11 is 3.57. The predicted molar refractivity (Wildman–Crippen MR) is 146 cm³/mol. The van der Waals surface area contributed by atoms with Crippen LogP contribution in [0.2, 0.25) is 0 Å². The van der Waals surface area contributed by atoms with Crippen LogP contribution in [0.5, 0.6) is 5.75 Å². The van der Waals surface area contributed by atoms with Crippen molar-refractivity contribution in [3.63, 3.8) is 0 Å². The SMILES string of the molecule is COc1ccc(CN2CCN(CCOC(=O)N3CCN(c4cccc5[nH]ccc45)CC3)CC2)cc1Br. The van der Waals surface area contributed by atoms with Crippen LogP contribution in [-0.2, 0) is 11.3 Å². The number of rotatable bonds is 7. The Morgan fingerprint density at radius 1 is 0.972 bits per heavy atom. The van der Waals surface area contributed by atoms with E-state index in [9.17, 15) is 4.79 Å². The number of fused-ring (bicyclic) bond motifs is 1. The number of halogens is 1. The highest BCUT2D eigenvalue weighted by atomic mass is 79.9. The number of ether oxygens (including phenoxy) is 2. The van der Waals surface area contributed by atoms with Crippen LogP contribution in [0.1, 0.15) is 5.56 Å². The van der Waals surface area contributed by atoms with Gasteiger partial charge in [-0.1, -0.05) is 12.1 Å². The maximum atomic E-state index is 12.6. The van der Waals surface area contributed by atoms with Crippen molar-refractivity contribution in [3.8, 4) is 5.75 Å². The van der Waals surface area contributed by atoms with E-state index in [0.717, 1.165) is 68.1 Å². The second-order valence-electron chi connectivity index (χ2n) is 9.39. The van der Waals surface area contributed by atoms with Gasteiger partial charge in [0.2, 0.25) is 0 Å². The number of nitrogens with zero attached hydrogens (tertiary/aromatic N) is 4. The first-order chi connectivity index (χ1) is 17.6. The minimum absolute atomic E-state index is 0.196. The number of aromatic amines is 1. The number of amides is 1. The van der Waals surface area contributed by atoms with E-state index in [-0.39, 0.29) is 6.09 Å². The largest absolute Gasteiger partial charge is 0.496 e. The molecule has 36 heavy (non-hydrogen) atoms. The smallest absolute Gasteiger partial charge is 0.409 e. The normalized spacial score (nSPS) is 17.5. The molecule has 0 atom stereocenters. The molecule has 3 aromatic rings. The van der Waals surface area contributed by atoms with Crippen molar-refractivity contribution in [1.82, 2.24) is 19.7 Å². The molecular weight excluding hydrogens is 522 g/mol. The maximum Gasteiger partial charge on any atom is 0.409 e. The summed E-state index contributed by atoms with van der Waals surface area (Å²) in [6.45, 7) is 9.11. The van der Waals surface area contributed by atoms with Crippen molar-refractivity contribution in [1.29, 1.82) is 0 Å². The van der Waals surface area contributed by atoms with Crippen molar-refractivity contribution in [2.24, 2.45) is 0 Å². The van der Waals surface area contributed by atoms with E-state index in [1.807, 2.05) is 17.2 Å². The summed E-state index contributed by atoms with van der Waals surface area (Å²) in [4.78, 5) is 24.9. The number of piperazine rings is 2. The van der Waals surface area contributed by atoms with E-state index in [0.29, 0.717) is 19.7 Å². The predicted octanol–water partition coefficient (Wildman–Crippen LogP) is 4.02. The number of H-pyrrole nitrogens is 1. The molecule has 0 aliphatic carbocycles. The number of nitrogens with one attached hydrogen (secondary N) is 1. The Kier molecular flexibility index (Phi) is 7.99. The van der Waals surface area contributed by atoms with Crippen LogP contribution in [0, 0.1) is 0 Å². The van der Waals surface area contributed by atoms with Crippen molar-refractivity contribution in [2.45, 2.75) is 6.54 Å². The summed E-state index contributed by atoms with van der Waals surface area (Å²) in [6, 6.07) is 14.7. The summed E-state index contributed by atoms with van der Waals surface area (Å²) in [5, 5.41) is 1.23. The summed E-state index contributed by atoms with van der Waals surface area (Å²) in [6.07, 6.45) is 1.78. The summed E-state index contributed by atoms with van der Waals surface area (Å²) in [7, 11) is 1.68. The lowest BCUT2D eigenvalue weighted by Crippen LogP contribution is -2.50. The van der Waals surface area contributed by atoms with E-state index >= 15 is 0 Å². The molecule has 0 radical (unpaired) electrons. The fourth-order valence-electron chi connectivity index (χ4n) is 5.07. The van der Waals surface area contributed by atoms with Gasteiger partial charge in [-0.15, -0.1) is 0 Å². The molecule has 2 aliphatic heterocycles. The molecule has 8 nitrogen and oxygen atoms in total. The Balaban J connectivity index is 1.00. The second kappa shape index (κ2) is 11.5. The fourth-order valence-corrected chi connectivity index (χ4v) is 5.65. The van der Waals surface area contributed by atoms with Crippen LogP contribution in [0.4, 0.5) is 10.5 Å². The lowest BCUT2D eigenvalue weighted by atomic mass is 10.2. The highest BCUT2D eigenvalue weighted by molar-refractivity contribution is 9.10. The molecule has 1 N–H and O–H groups in total. The third-order valence-corrected chi connectivity index (χ3v) is 7.79. The van der Waals surface area contributed by atoms with Crippen LogP contribution in [0.25, 0.3) is 10.9 Å². The Morgan fingerprint density at radius 2 is 1.75 bits per heavy atom. The van der Waals surface area contributed by atoms with Gasteiger partial charge in [0.15, 0.2) is 0 Å². The van der Waals surface area contributed by atoms with Gasteiger partial charge >= 0.3 is 6.09 Å². The molecule has 0 spiro atoms. The zero-order valence-corrected chi connectivity index (χ0v) is 22.4. The average Bonchev–Trinajstić information content (AvgIpc) is 3.39. The van der Waals surface area contributed by atoms with E-state index in [2.05, 4.69) is 72.0 Å². The molecule has 2 aliphatic rings. The van der Waals surface area contributed by atoms with Gasteiger partial charge in [-0.3, -0.25) is 9.80 Å². The topological polar surface area (TPSA) is 64.3 Å². The molecule has 0 unspecified atom stereocenters. The van der Waals surface area contributed by atoms with Gasteiger partial charge in [-0.05, 0) is 51.8 Å². The van der Waals surface area contributed by atoms with Gasteiger partial charge in [0.25, 0.3) is 0 Å². The number of aromatic nitrogens is 1. The maximum absolute atomic E-state index is 12.6. The van der Waals surface area contributed by atoms with Crippen LogP contribution < -0.4 is 9.64 Å². The molecule has 2 aromatic carbocycles. The van der Waals surface area contributed by atoms with Crippen LogP contribution in [0.3, 0.4) is 0 Å². The van der Waals surface area contributed by atoms with Gasteiger partial charge in [-0.2, -0.15) is 0 Å². The fraction of sp³-hybridized carbons (Fsp3) is 0.444. The molecule has 0 saturated carbocycles. The summed E-state index contributed by atoms with van der Waals surface area (Å²) in [5.74, 6) is 0.856. The minimum Gasteiger partial charge on any atom is -0.496 e. The quantitative estimate of drug-likeness (QED) is 0.475. The molecular formula is C27H34BrN5O3. The lowest BCUT2D eigenvalue weighted by Gasteiger charge is -2.36. The van der Waals surface area contributed by atoms with E-state index in [4.69, 9.17) is 9.47 Å². The van der Waals surface area contributed by atoms with Crippen LogP contribution in [-0.4, -0.2) is 98.4 Å². The third-order valence-electron chi connectivity index (χ3n) is 7.17. The summed E-state index contributed by atoms with van der Waals surface area (Å²) in [5.41, 5.74) is 3.64. The van der Waals surface area contributed by atoms with E-state index < -0.39 is 0 Å². The number of hydrogen-bond acceptors (Lipinski definition) is 6. The first kappa shape index (κ1) is 24.9. The van der Waals surface area contributed by atoms with E-state index in [1.54, 1.807) is 7.11 Å². The van der Waals surface area contributed by atoms with Gasteiger partial charge in [0.1, 0.15) is 12.4 Å². The molecule has 5 rings (SSSR count). The number of hydrogen-bond donors (Lipinski definition) is 1. The first-order valence-corrected chi connectivity index (χ1v) is 13.4. The number of anilines is 1. The number of benzene rings is 2. The highest BCUT2D eigenvalue weighted by Crippen LogP contribution is 2.27. The standard InChI is InChI=1S/C27H34BrN5O3/c1-35-26-6-5-21(19-23(26)28)20-31-11-9-30(10-12-31)17-18-36-27(34)33-15-13-32(14-16-33)25-4-2-3-24-22(25)7-8-29-24/h2-8,19,29H,9-18,20H2,1H3. The molecule has 2 saturated heterocycles. The van der Waals surface area contributed by atoms with Crippen molar-refractivity contribution in [2.75, 3.05) is 77.5 Å². The molecule has 1 amide bonds. The van der Waals surface area contributed by atoms with Crippen LogP contribution in [0.15, 0.2) is 53.1 Å². The second-order valence-corrected chi connectivity index (χ2v) is 10.2. The zero-order chi connectivity index (χ0) is 24.9. The highest BCUT2D eigenvalue weighted by Gasteiger charge is 2.24. The molecule has 2 fully saturated rings. The number of carbonyl (C=O) groups excluding carboxylic acids is 1. The van der Waals surface area contributed by atoms with Crippen molar-refractivity contribution in [3.05, 3.63) is 58.7 Å². The minimum atomic E-state index is -0.196. The molecule has 192 valence electrons. The first-order valence-electron chi connectivity index (χ1n) is 12.6. The Morgan fingerprint density at radius 3 is 2.50 bits per heavy atom. The van der Waals surface area contributed by atoms with Gasteiger partial charge in [0, 0.05) is 88.2 Å². The lowest BCUT2D eigenvalue weighted by molar-refractivity contribution is 0.0726. The number of methoxy groups -OCH3 is 1. The Labute approximate surface area is 220 Å². The summed E-state index contributed by atoms with van der Waals surface area (Å²) < 4.78 is 11.9. The van der Waals surface area contributed by atoms with Gasteiger partial charge < -0.3 is 24.3 Å². The van der Waals surface area contributed by atoms with Gasteiger partial charge in [-0.25, -0.2) is 4.79 Å². The Bertz CT molecular complexity index is 1170. The van der Waals surface area contributed by atoms with E-state index in [1.165, 1.54) is 16.6 Å². The molecule has 0 bridgehead atoms. The average molecular weight is 557 g/mol. The molecule has 3 heterocycles. The Hall–Kier alpha value is -2.75.